The maximum atomic E-state index is 11.6. The number of hydrogen-bond donors (Lipinski definition) is 1. The second-order valence-electron chi connectivity index (χ2n) is 11.0. The van der Waals surface area contributed by atoms with Crippen LogP contribution in [0.1, 0.15) is 42.5 Å². The number of rotatable bonds is 11. The maximum absolute atomic E-state index is 11.6. The average Bonchev–Trinajstić information content (AvgIpc) is 3.53. The summed E-state index contributed by atoms with van der Waals surface area (Å²) in [6.45, 7) is 2.77. The number of carboxylic acids is 1. The van der Waals surface area contributed by atoms with Gasteiger partial charge >= 0.3 is 35.5 Å². The Labute approximate surface area is 278 Å². The molecule has 0 fully saturated rings. The zero-order valence-corrected chi connectivity index (χ0v) is 24.5. The van der Waals surface area contributed by atoms with Crippen LogP contribution in [0.5, 0.6) is 11.5 Å². The number of nitrogens with zero attached hydrogens (tertiary/aromatic N) is 4. The number of hydrogen-bond acceptors (Lipinski definition) is 5. The molecule has 0 atom stereocenters. The molecule has 6 aromatic rings. The SMILES string of the molecule is Cn1c(COc2ccc(C(C)(CCC(=O)O)c3ccc(OCc4nc5ccccc5n4C)cc3)cc2)nc2ccccc21.[NaH]. The molecule has 0 radical (unpaired) electrons. The van der Waals surface area contributed by atoms with E-state index in [1.54, 1.807) is 0 Å². The van der Waals surface area contributed by atoms with Gasteiger partial charge in [-0.2, -0.15) is 0 Å². The van der Waals surface area contributed by atoms with E-state index in [0.717, 1.165) is 56.3 Å². The summed E-state index contributed by atoms with van der Waals surface area (Å²) in [5, 5.41) is 9.51. The Kier molecular flexibility index (Phi) is 9.44. The molecular weight excluding hydrogens is 563 g/mol. The van der Waals surface area contributed by atoms with Crippen molar-refractivity contribution in [3.63, 3.8) is 0 Å². The summed E-state index contributed by atoms with van der Waals surface area (Å²) >= 11 is 0. The quantitative estimate of drug-likeness (QED) is 0.180. The van der Waals surface area contributed by atoms with Crippen LogP contribution in [-0.4, -0.2) is 59.7 Å². The molecule has 0 saturated carbocycles. The number of aryl methyl sites for hydroxylation is 2. The molecule has 0 amide bonds. The van der Waals surface area contributed by atoms with Gasteiger partial charge in [0.25, 0.3) is 0 Å². The molecule has 0 spiro atoms. The van der Waals surface area contributed by atoms with Gasteiger partial charge in [-0.25, -0.2) is 9.97 Å². The van der Waals surface area contributed by atoms with E-state index in [4.69, 9.17) is 9.47 Å². The first-order valence-electron chi connectivity index (χ1n) is 14.3. The fraction of sp³-hybridized carbons (Fsp3) is 0.229. The number of para-hydroxylation sites is 4. The molecule has 0 aliphatic carbocycles. The first-order chi connectivity index (χ1) is 20.8. The number of aromatic nitrogens is 4. The molecule has 0 saturated heterocycles. The van der Waals surface area contributed by atoms with Crippen LogP contribution in [0, 0.1) is 0 Å². The van der Waals surface area contributed by atoms with Crippen LogP contribution >= 0.6 is 0 Å². The third-order valence-corrected chi connectivity index (χ3v) is 8.32. The summed E-state index contributed by atoms with van der Waals surface area (Å²) in [4.78, 5) is 21.0. The van der Waals surface area contributed by atoms with Gasteiger partial charge in [0.05, 0.1) is 22.1 Å². The number of aliphatic carboxylic acids is 1. The number of fused-ring (bicyclic) bond motifs is 2. The van der Waals surface area contributed by atoms with Crippen molar-refractivity contribution in [1.82, 2.24) is 19.1 Å². The van der Waals surface area contributed by atoms with Crippen LogP contribution in [-0.2, 0) is 37.5 Å². The number of ether oxygens (including phenoxy) is 2. The number of carbonyl (C=O) groups is 1. The van der Waals surface area contributed by atoms with Gasteiger partial charge < -0.3 is 23.7 Å². The number of carboxylic acid groups (broad SMARTS) is 1. The van der Waals surface area contributed by atoms with Crippen molar-refractivity contribution in [2.24, 2.45) is 14.1 Å². The van der Waals surface area contributed by atoms with Crippen LogP contribution in [0.3, 0.4) is 0 Å². The Morgan fingerprint density at radius 2 is 1.11 bits per heavy atom. The Balaban J connectivity index is 0.00000384. The van der Waals surface area contributed by atoms with Crippen LogP contribution < -0.4 is 9.47 Å². The average molecular weight is 599 g/mol. The summed E-state index contributed by atoms with van der Waals surface area (Å²) in [7, 11) is 3.98. The Bertz CT molecular complexity index is 1770. The molecule has 9 heteroatoms. The van der Waals surface area contributed by atoms with Gasteiger partial charge in [-0.05, 0) is 66.1 Å². The normalized spacial score (nSPS) is 11.4. The molecule has 0 aliphatic rings. The molecule has 0 bridgehead atoms. The molecule has 220 valence electrons. The molecule has 8 nitrogen and oxygen atoms in total. The van der Waals surface area contributed by atoms with Crippen LogP contribution in [0.15, 0.2) is 97.1 Å². The Morgan fingerprint density at radius 1 is 0.705 bits per heavy atom. The van der Waals surface area contributed by atoms with E-state index in [9.17, 15) is 9.90 Å². The monoisotopic (exact) mass is 598 g/mol. The van der Waals surface area contributed by atoms with Crippen molar-refractivity contribution in [2.75, 3.05) is 0 Å². The van der Waals surface area contributed by atoms with Gasteiger partial charge in [0.2, 0.25) is 0 Å². The number of imidazole rings is 2. The second-order valence-corrected chi connectivity index (χ2v) is 11.0. The molecule has 4 aromatic carbocycles. The van der Waals surface area contributed by atoms with Crippen LogP contribution in [0.25, 0.3) is 22.1 Å². The predicted molar refractivity (Wildman–Crippen MR) is 173 cm³/mol. The van der Waals surface area contributed by atoms with Gasteiger partial charge in [0.1, 0.15) is 36.4 Å². The molecular formula is C35H35N4NaO4. The van der Waals surface area contributed by atoms with E-state index in [1.807, 2.05) is 120 Å². The summed E-state index contributed by atoms with van der Waals surface area (Å²) in [5.74, 6) is 2.31. The van der Waals surface area contributed by atoms with Crippen molar-refractivity contribution >= 4 is 57.6 Å². The van der Waals surface area contributed by atoms with Gasteiger partial charge in [-0.15, -0.1) is 0 Å². The van der Waals surface area contributed by atoms with Crippen LogP contribution in [0.2, 0.25) is 0 Å². The molecule has 44 heavy (non-hydrogen) atoms. The fourth-order valence-electron chi connectivity index (χ4n) is 5.60. The van der Waals surface area contributed by atoms with E-state index >= 15 is 0 Å². The minimum atomic E-state index is -0.823. The van der Waals surface area contributed by atoms with Crippen molar-refractivity contribution in [3.8, 4) is 11.5 Å². The summed E-state index contributed by atoms with van der Waals surface area (Å²) < 4.78 is 16.2. The van der Waals surface area contributed by atoms with Crippen molar-refractivity contribution < 1.29 is 19.4 Å². The third kappa shape index (κ3) is 6.38. The molecule has 2 heterocycles. The standard InChI is InChI=1S/C35H34N4O4.Na.H/c1-35(21-20-34(40)41,24-12-16-26(17-13-24)42-22-32-36-28-8-4-6-10-30(28)38(32)2)25-14-18-27(19-15-25)43-23-33-37-29-9-5-7-11-31(29)39(33)3;;/h4-19H,20-23H2,1-3H3,(H,40,41);;. The van der Waals surface area contributed by atoms with Gasteiger partial charge in [0.15, 0.2) is 0 Å². The summed E-state index contributed by atoms with van der Waals surface area (Å²) in [5.41, 5.74) is 5.50. The first-order valence-corrected chi connectivity index (χ1v) is 14.3. The van der Waals surface area contributed by atoms with Crippen molar-refractivity contribution in [3.05, 3.63) is 120 Å². The van der Waals surface area contributed by atoms with E-state index < -0.39 is 11.4 Å². The Hall–Kier alpha value is -4.11. The molecule has 0 aliphatic heterocycles. The summed E-state index contributed by atoms with van der Waals surface area (Å²) in [6.07, 6.45) is 0.495. The first kappa shape index (κ1) is 31.3. The number of benzene rings is 4. The molecule has 2 aromatic heterocycles. The van der Waals surface area contributed by atoms with E-state index in [2.05, 4.69) is 16.9 Å². The second kappa shape index (κ2) is 13.3. The van der Waals surface area contributed by atoms with Crippen molar-refractivity contribution in [2.45, 2.75) is 38.4 Å². The molecule has 6 rings (SSSR count). The Morgan fingerprint density at radius 3 is 1.50 bits per heavy atom. The predicted octanol–water partition coefficient (Wildman–Crippen LogP) is 6.14. The van der Waals surface area contributed by atoms with Crippen LogP contribution in [0.4, 0.5) is 0 Å². The topological polar surface area (TPSA) is 91.4 Å². The van der Waals surface area contributed by atoms with Gasteiger partial charge in [0, 0.05) is 25.9 Å². The zero-order valence-electron chi connectivity index (χ0n) is 24.5. The van der Waals surface area contributed by atoms with Gasteiger partial charge in [-0.1, -0.05) is 55.5 Å². The van der Waals surface area contributed by atoms with E-state index in [-0.39, 0.29) is 36.0 Å². The molecule has 0 unspecified atom stereocenters. The fourth-order valence-corrected chi connectivity index (χ4v) is 5.60. The molecule has 1 N–H and O–H groups in total. The van der Waals surface area contributed by atoms with Gasteiger partial charge in [-0.3, -0.25) is 4.79 Å². The minimum absolute atomic E-state index is 0. The summed E-state index contributed by atoms with van der Waals surface area (Å²) in [6, 6.07) is 31.8. The van der Waals surface area contributed by atoms with Crippen molar-refractivity contribution in [1.29, 1.82) is 0 Å². The van der Waals surface area contributed by atoms with E-state index in [1.165, 1.54) is 0 Å². The third-order valence-electron chi connectivity index (χ3n) is 8.32. The van der Waals surface area contributed by atoms with E-state index in [0.29, 0.717) is 19.6 Å². The zero-order chi connectivity index (χ0) is 30.0.